The SMILES string of the molecule is Cc1nnc(-c2cc3cc(CC(=O)c4coc(C5CCNCC5)n4)ncc3cn2)s1. The van der Waals surface area contributed by atoms with Crippen LogP contribution in [0.1, 0.15) is 45.8 Å². The molecule has 0 bridgehead atoms. The summed E-state index contributed by atoms with van der Waals surface area (Å²) in [6.45, 7) is 3.81. The van der Waals surface area contributed by atoms with E-state index in [-0.39, 0.29) is 18.1 Å². The van der Waals surface area contributed by atoms with Gasteiger partial charge in [-0.15, -0.1) is 10.2 Å². The molecule has 1 saturated heterocycles. The van der Waals surface area contributed by atoms with Crippen LogP contribution in [-0.2, 0) is 6.42 Å². The van der Waals surface area contributed by atoms with Gasteiger partial charge in [0.15, 0.2) is 16.7 Å². The first-order valence-corrected chi connectivity index (χ1v) is 10.7. The van der Waals surface area contributed by atoms with E-state index in [1.807, 2.05) is 19.1 Å². The largest absolute Gasteiger partial charge is 0.448 e. The van der Waals surface area contributed by atoms with Gasteiger partial charge in [0.1, 0.15) is 22.7 Å². The molecular weight excluding hydrogens is 400 g/mol. The molecule has 0 amide bonds. The number of rotatable bonds is 5. The third kappa shape index (κ3) is 3.86. The van der Waals surface area contributed by atoms with Gasteiger partial charge in [-0.25, -0.2) is 4.98 Å². The molecule has 0 aliphatic carbocycles. The summed E-state index contributed by atoms with van der Waals surface area (Å²) in [6, 6.07) is 3.87. The van der Waals surface area contributed by atoms with Crippen molar-refractivity contribution in [3.8, 4) is 10.7 Å². The van der Waals surface area contributed by atoms with Crippen molar-refractivity contribution in [1.82, 2.24) is 30.5 Å². The molecule has 8 nitrogen and oxygen atoms in total. The number of carbonyl (C=O) groups excluding carboxylic acids is 1. The predicted molar refractivity (Wildman–Crippen MR) is 113 cm³/mol. The van der Waals surface area contributed by atoms with E-state index in [0.717, 1.165) is 52.4 Å². The van der Waals surface area contributed by atoms with Gasteiger partial charge in [-0.1, -0.05) is 11.3 Å². The first kappa shape index (κ1) is 19.0. The Kier molecular flexibility index (Phi) is 5.06. The van der Waals surface area contributed by atoms with E-state index < -0.39 is 0 Å². The van der Waals surface area contributed by atoms with E-state index in [4.69, 9.17) is 4.42 Å². The van der Waals surface area contributed by atoms with Gasteiger partial charge in [-0.05, 0) is 50.4 Å². The average Bonchev–Trinajstić information content (AvgIpc) is 3.43. The molecule has 5 heterocycles. The fourth-order valence-electron chi connectivity index (χ4n) is 3.62. The molecule has 0 saturated carbocycles. The number of nitrogens with zero attached hydrogens (tertiary/aromatic N) is 5. The Morgan fingerprint density at radius 1 is 1.17 bits per heavy atom. The van der Waals surface area contributed by atoms with Crippen LogP contribution in [0.4, 0.5) is 0 Å². The molecule has 0 spiro atoms. The van der Waals surface area contributed by atoms with Crippen LogP contribution in [0.3, 0.4) is 0 Å². The van der Waals surface area contributed by atoms with Crippen molar-refractivity contribution in [3.05, 3.63) is 53.1 Å². The molecule has 1 N–H and O–H groups in total. The molecule has 0 aromatic carbocycles. The first-order chi connectivity index (χ1) is 14.7. The molecule has 5 rings (SSSR count). The van der Waals surface area contributed by atoms with Crippen LogP contribution in [-0.4, -0.2) is 44.0 Å². The summed E-state index contributed by atoms with van der Waals surface area (Å²) < 4.78 is 5.60. The van der Waals surface area contributed by atoms with E-state index in [1.54, 1.807) is 12.4 Å². The van der Waals surface area contributed by atoms with Gasteiger partial charge < -0.3 is 9.73 Å². The molecular formula is C21H20N6O2S. The molecule has 152 valence electrons. The molecule has 0 unspecified atom stereocenters. The lowest BCUT2D eigenvalue weighted by atomic mass is 9.98. The topological polar surface area (TPSA) is 107 Å². The third-order valence-electron chi connectivity index (χ3n) is 5.24. The van der Waals surface area contributed by atoms with E-state index in [9.17, 15) is 4.79 Å². The number of hydrogen-bond donors (Lipinski definition) is 1. The molecule has 4 aromatic heterocycles. The number of aryl methyl sites for hydroxylation is 1. The van der Waals surface area contributed by atoms with Crippen molar-refractivity contribution >= 4 is 27.9 Å². The Balaban J connectivity index is 1.35. The summed E-state index contributed by atoms with van der Waals surface area (Å²) in [5.41, 5.74) is 1.81. The molecule has 1 fully saturated rings. The number of nitrogens with one attached hydrogen (secondary N) is 1. The fourth-order valence-corrected chi connectivity index (χ4v) is 4.28. The van der Waals surface area contributed by atoms with Gasteiger partial charge in [-0.3, -0.25) is 14.8 Å². The molecule has 0 radical (unpaired) electrons. The highest BCUT2D eigenvalue weighted by Crippen LogP contribution is 2.26. The zero-order chi connectivity index (χ0) is 20.5. The van der Waals surface area contributed by atoms with Crippen LogP contribution in [0, 0.1) is 6.92 Å². The zero-order valence-electron chi connectivity index (χ0n) is 16.5. The number of aromatic nitrogens is 5. The average molecular weight is 420 g/mol. The summed E-state index contributed by atoms with van der Waals surface area (Å²) in [4.78, 5) is 26.1. The van der Waals surface area contributed by atoms with E-state index in [0.29, 0.717) is 17.3 Å². The second kappa shape index (κ2) is 8.00. The van der Waals surface area contributed by atoms with Gasteiger partial charge in [0.05, 0.1) is 6.42 Å². The van der Waals surface area contributed by atoms with Gasteiger partial charge in [-0.2, -0.15) is 0 Å². The maximum atomic E-state index is 12.7. The lowest BCUT2D eigenvalue weighted by molar-refractivity contribution is 0.0987. The maximum absolute atomic E-state index is 12.7. The summed E-state index contributed by atoms with van der Waals surface area (Å²) in [6.07, 6.45) is 7.10. The van der Waals surface area contributed by atoms with Gasteiger partial charge in [0, 0.05) is 29.4 Å². The fraction of sp³-hybridized carbons (Fsp3) is 0.333. The number of Topliss-reactive ketones (excluding diaryl/α,β-unsaturated/α-hetero) is 1. The second-order valence-corrected chi connectivity index (χ2v) is 8.60. The van der Waals surface area contributed by atoms with Crippen molar-refractivity contribution < 1.29 is 9.21 Å². The number of piperidine rings is 1. The number of fused-ring (bicyclic) bond motifs is 1. The number of pyridine rings is 2. The van der Waals surface area contributed by atoms with Crippen molar-refractivity contribution in [2.24, 2.45) is 0 Å². The van der Waals surface area contributed by atoms with Crippen LogP contribution in [0.15, 0.2) is 35.2 Å². The predicted octanol–water partition coefficient (Wildman–Crippen LogP) is 3.34. The Bertz CT molecular complexity index is 1210. The van der Waals surface area contributed by atoms with Gasteiger partial charge in [0.2, 0.25) is 0 Å². The van der Waals surface area contributed by atoms with Crippen molar-refractivity contribution in [1.29, 1.82) is 0 Å². The zero-order valence-corrected chi connectivity index (χ0v) is 17.3. The maximum Gasteiger partial charge on any atom is 0.197 e. The number of carbonyl (C=O) groups is 1. The van der Waals surface area contributed by atoms with Gasteiger partial charge >= 0.3 is 0 Å². The minimum absolute atomic E-state index is 0.0974. The first-order valence-electron chi connectivity index (χ1n) is 9.90. The third-order valence-corrected chi connectivity index (χ3v) is 6.10. The minimum atomic E-state index is -0.0974. The Hall–Kier alpha value is -3.04. The monoisotopic (exact) mass is 420 g/mol. The number of ketones is 1. The Morgan fingerprint density at radius 2 is 2.00 bits per heavy atom. The van der Waals surface area contributed by atoms with Crippen LogP contribution in [0.2, 0.25) is 0 Å². The molecule has 1 aliphatic rings. The van der Waals surface area contributed by atoms with E-state index >= 15 is 0 Å². The molecule has 4 aromatic rings. The molecule has 30 heavy (non-hydrogen) atoms. The van der Waals surface area contributed by atoms with Gasteiger partial charge in [0.25, 0.3) is 0 Å². The standard InChI is InChI=1S/C21H20N6O2S/c1-12-26-27-21(30-12)17-7-14-6-16(23-9-15(14)10-24-17)8-19(28)18-11-29-20(25-18)13-2-4-22-5-3-13/h6-7,9-11,13,22H,2-5,8H2,1H3. The van der Waals surface area contributed by atoms with Crippen LogP contribution < -0.4 is 5.32 Å². The van der Waals surface area contributed by atoms with Crippen LogP contribution >= 0.6 is 11.3 Å². The van der Waals surface area contributed by atoms with Crippen LogP contribution in [0.5, 0.6) is 0 Å². The van der Waals surface area contributed by atoms with Crippen molar-refractivity contribution in [3.63, 3.8) is 0 Å². The quantitative estimate of drug-likeness (QED) is 0.490. The minimum Gasteiger partial charge on any atom is -0.448 e. The smallest absolute Gasteiger partial charge is 0.197 e. The number of hydrogen-bond acceptors (Lipinski definition) is 9. The van der Waals surface area contributed by atoms with E-state index in [2.05, 4.69) is 30.5 Å². The lowest BCUT2D eigenvalue weighted by Crippen LogP contribution is -2.26. The molecule has 1 aliphatic heterocycles. The van der Waals surface area contributed by atoms with Crippen molar-refractivity contribution in [2.75, 3.05) is 13.1 Å². The molecule has 9 heteroatoms. The summed E-state index contributed by atoms with van der Waals surface area (Å²) in [5.74, 6) is 0.843. The highest BCUT2D eigenvalue weighted by molar-refractivity contribution is 7.14. The normalized spacial score (nSPS) is 15.0. The highest BCUT2D eigenvalue weighted by Gasteiger charge is 2.22. The highest BCUT2D eigenvalue weighted by atomic mass is 32.1. The Morgan fingerprint density at radius 3 is 2.80 bits per heavy atom. The summed E-state index contributed by atoms with van der Waals surface area (Å²) in [7, 11) is 0. The van der Waals surface area contributed by atoms with Crippen LogP contribution in [0.25, 0.3) is 21.5 Å². The van der Waals surface area contributed by atoms with E-state index in [1.165, 1.54) is 17.6 Å². The molecule has 0 atom stereocenters. The van der Waals surface area contributed by atoms with Crippen molar-refractivity contribution in [2.45, 2.75) is 32.1 Å². The second-order valence-electron chi connectivity index (χ2n) is 7.41. The lowest BCUT2D eigenvalue weighted by Gasteiger charge is -2.19. The summed E-state index contributed by atoms with van der Waals surface area (Å²) in [5, 5.41) is 15.1. The Labute approximate surface area is 176 Å². The summed E-state index contributed by atoms with van der Waals surface area (Å²) >= 11 is 1.50. The number of oxazole rings is 1.